The minimum atomic E-state index is -0.121. The van der Waals surface area contributed by atoms with Crippen molar-refractivity contribution in [2.45, 2.75) is 42.0 Å². The minimum absolute atomic E-state index is 0. The Labute approximate surface area is 168 Å². The summed E-state index contributed by atoms with van der Waals surface area (Å²) in [6.45, 7) is 6.35. The zero-order valence-electron chi connectivity index (χ0n) is 14.9. The summed E-state index contributed by atoms with van der Waals surface area (Å²) in [5.41, 5.74) is 10.5. The third kappa shape index (κ3) is 3.37. The molecule has 1 aliphatic heterocycles. The Hall–Kier alpha value is -1.53. The molecular formula is C20H22ClN3S2. The van der Waals surface area contributed by atoms with Crippen LogP contribution in [0.15, 0.2) is 57.6 Å². The van der Waals surface area contributed by atoms with Gasteiger partial charge in [0.05, 0.1) is 17.1 Å². The summed E-state index contributed by atoms with van der Waals surface area (Å²) in [5, 5.41) is 6.76. The minimum Gasteiger partial charge on any atom is -0.354 e. The van der Waals surface area contributed by atoms with E-state index in [0.717, 1.165) is 27.6 Å². The number of nitrogens with one attached hydrogen (secondary N) is 1. The van der Waals surface area contributed by atoms with Crippen molar-refractivity contribution in [1.82, 2.24) is 4.98 Å². The van der Waals surface area contributed by atoms with Crippen LogP contribution < -0.4 is 11.1 Å². The lowest BCUT2D eigenvalue weighted by atomic mass is 9.87. The van der Waals surface area contributed by atoms with E-state index in [2.05, 4.69) is 67.0 Å². The van der Waals surface area contributed by atoms with Crippen LogP contribution in [0.1, 0.15) is 25.8 Å². The maximum absolute atomic E-state index is 6.14. The monoisotopic (exact) mass is 403 g/mol. The number of nitrogens with zero attached hydrogens (tertiary/aromatic N) is 1. The highest BCUT2D eigenvalue weighted by Crippen LogP contribution is 2.45. The highest BCUT2D eigenvalue weighted by atomic mass is 35.5. The molecular weight excluding hydrogens is 382 g/mol. The largest absolute Gasteiger partial charge is 0.354 e. The number of nitrogens with two attached hydrogens (primary N) is 1. The van der Waals surface area contributed by atoms with E-state index in [1.54, 1.807) is 23.1 Å². The van der Waals surface area contributed by atoms with Crippen LogP contribution in [-0.2, 0) is 5.41 Å². The molecule has 1 aromatic heterocycles. The smallest absolute Gasteiger partial charge is 0.100 e. The Morgan fingerprint density at radius 2 is 1.81 bits per heavy atom. The number of para-hydroxylation sites is 1. The van der Waals surface area contributed by atoms with Gasteiger partial charge in [-0.1, -0.05) is 43.8 Å². The predicted molar refractivity (Wildman–Crippen MR) is 115 cm³/mol. The number of halogens is 1. The van der Waals surface area contributed by atoms with Crippen LogP contribution in [-0.4, -0.2) is 11.0 Å². The predicted octanol–water partition coefficient (Wildman–Crippen LogP) is 6.06. The summed E-state index contributed by atoms with van der Waals surface area (Å²) < 4.78 is 0. The third-order valence-corrected chi connectivity index (χ3v) is 7.18. The van der Waals surface area contributed by atoms with E-state index in [-0.39, 0.29) is 23.9 Å². The van der Waals surface area contributed by atoms with Gasteiger partial charge in [0.1, 0.15) is 5.01 Å². The summed E-state index contributed by atoms with van der Waals surface area (Å²) in [5.74, 6) is 0. The number of fused-ring (bicyclic) bond motifs is 2. The highest BCUT2D eigenvalue weighted by Gasteiger charge is 2.29. The Balaban J connectivity index is 0.00000196. The first-order valence-corrected chi connectivity index (χ1v) is 10.0. The Bertz CT molecular complexity index is 934. The molecule has 0 spiro atoms. The molecule has 6 heteroatoms. The molecule has 2 heterocycles. The van der Waals surface area contributed by atoms with E-state index in [0.29, 0.717) is 0 Å². The molecule has 3 N–H and O–H groups in total. The molecule has 4 rings (SSSR count). The van der Waals surface area contributed by atoms with Crippen LogP contribution in [0, 0.1) is 0 Å². The van der Waals surface area contributed by atoms with Crippen LogP contribution >= 0.6 is 35.5 Å². The summed E-state index contributed by atoms with van der Waals surface area (Å²) in [6, 6.07) is 15.0. The first-order valence-electron chi connectivity index (χ1n) is 8.35. The Morgan fingerprint density at radius 1 is 1.08 bits per heavy atom. The maximum atomic E-state index is 6.14. The number of benzene rings is 2. The van der Waals surface area contributed by atoms with E-state index >= 15 is 0 Å². The summed E-state index contributed by atoms with van der Waals surface area (Å²) in [6.07, 6.45) is 0. The molecule has 0 bridgehead atoms. The molecule has 3 nitrogen and oxygen atoms in total. The van der Waals surface area contributed by atoms with E-state index in [4.69, 9.17) is 10.7 Å². The van der Waals surface area contributed by atoms with Gasteiger partial charge in [-0.2, -0.15) is 0 Å². The zero-order valence-corrected chi connectivity index (χ0v) is 17.4. The van der Waals surface area contributed by atoms with Gasteiger partial charge in [-0.05, 0) is 31.2 Å². The number of thiazole rings is 1. The highest BCUT2D eigenvalue weighted by molar-refractivity contribution is 7.99. The van der Waals surface area contributed by atoms with Crippen molar-refractivity contribution in [2.24, 2.45) is 5.73 Å². The van der Waals surface area contributed by atoms with Crippen LogP contribution in [0.3, 0.4) is 0 Å². The second-order valence-corrected chi connectivity index (χ2v) is 8.92. The van der Waals surface area contributed by atoms with Gasteiger partial charge in [0.25, 0.3) is 0 Å². The molecule has 0 radical (unpaired) electrons. The second-order valence-electron chi connectivity index (χ2n) is 6.98. The van der Waals surface area contributed by atoms with Gasteiger partial charge in [-0.15, -0.1) is 23.7 Å². The van der Waals surface area contributed by atoms with Crippen LogP contribution in [0.2, 0.25) is 0 Å². The molecule has 0 saturated heterocycles. The molecule has 1 unspecified atom stereocenters. The van der Waals surface area contributed by atoms with Crippen molar-refractivity contribution >= 4 is 46.9 Å². The van der Waals surface area contributed by atoms with Gasteiger partial charge >= 0.3 is 0 Å². The molecule has 3 aromatic rings. The van der Waals surface area contributed by atoms with Crippen LogP contribution in [0.25, 0.3) is 11.3 Å². The average molecular weight is 404 g/mol. The van der Waals surface area contributed by atoms with Gasteiger partial charge in [0, 0.05) is 32.2 Å². The van der Waals surface area contributed by atoms with Crippen molar-refractivity contribution in [1.29, 1.82) is 0 Å². The fourth-order valence-electron chi connectivity index (χ4n) is 2.70. The van der Waals surface area contributed by atoms with E-state index in [1.807, 2.05) is 6.92 Å². The third-order valence-electron chi connectivity index (χ3n) is 4.85. The SMILES string of the molecule is CC(N)C(C)(C)c1nc(-c2ccc3c(c2)Nc2ccccc2S3)cs1.Cl. The lowest BCUT2D eigenvalue weighted by molar-refractivity contribution is 0.432. The van der Waals surface area contributed by atoms with Crippen LogP contribution in [0.5, 0.6) is 0 Å². The first-order chi connectivity index (χ1) is 11.9. The van der Waals surface area contributed by atoms with Crippen molar-refractivity contribution < 1.29 is 0 Å². The number of anilines is 2. The fourth-order valence-corrected chi connectivity index (χ4v) is 4.72. The zero-order chi connectivity index (χ0) is 17.6. The van der Waals surface area contributed by atoms with Crippen molar-refractivity contribution in [3.63, 3.8) is 0 Å². The molecule has 1 atom stereocenters. The molecule has 2 aromatic carbocycles. The van der Waals surface area contributed by atoms with Gasteiger partial charge in [-0.3, -0.25) is 0 Å². The van der Waals surface area contributed by atoms with Gasteiger partial charge in [0.2, 0.25) is 0 Å². The molecule has 0 saturated carbocycles. The van der Waals surface area contributed by atoms with Gasteiger partial charge < -0.3 is 11.1 Å². The van der Waals surface area contributed by atoms with Gasteiger partial charge in [0.15, 0.2) is 0 Å². The topological polar surface area (TPSA) is 50.9 Å². The maximum Gasteiger partial charge on any atom is 0.100 e. The quantitative estimate of drug-likeness (QED) is 0.436. The number of hydrogen-bond acceptors (Lipinski definition) is 5. The second kappa shape index (κ2) is 7.24. The van der Waals surface area contributed by atoms with Gasteiger partial charge in [-0.25, -0.2) is 4.98 Å². The van der Waals surface area contributed by atoms with Crippen molar-refractivity contribution in [3.05, 3.63) is 52.9 Å². The molecule has 0 fully saturated rings. The van der Waals surface area contributed by atoms with Crippen LogP contribution in [0.4, 0.5) is 11.4 Å². The Morgan fingerprint density at radius 3 is 2.58 bits per heavy atom. The molecule has 136 valence electrons. The first kappa shape index (κ1) is 19.2. The fraction of sp³-hybridized carbons (Fsp3) is 0.250. The summed E-state index contributed by atoms with van der Waals surface area (Å²) in [7, 11) is 0. The van der Waals surface area contributed by atoms with Crippen molar-refractivity contribution in [2.75, 3.05) is 5.32 Å². The van der Waals surface area contributed by atoms with E-state index in [1.165, 1.54) is 9.79 Å². The normalized spacial score (nSPS) is 13.8. The molecule has 0 aliphatic carbocycles. The Kier molecular flexibility index (Phi) is 5.35. The van der Waals surface area contributed by atoms with Crippen molar-refractivity contribution in [3.8, 4) is 11.3 Å². The average Bonchev–Trinajstić information content (AvgIpc) is 3.10. The summed E-state index contributed by atoms with van der Waals surface area (Å²) >= 11 is 3.49. The lowest BCUT2D eigenvalue weighted by Gasteiger charge is -2.26. The molecule has 0 amide bonds. The number of aromatic nitrogens is 1. The van der Waals surface area contributed by atoms with E-state index < -0.39 is 0 Å². The van der Waals surface area contributed by atoms with E-state index in [9.17, 15) is 0 Å². The summed E-state index contributed by atoms with van der Waals surface area (Å²) in [4.78, 5) is 7.38. The lowest BCUT2D eigenvalue weighted by Crippen LogP contribution is -2.38. The number of hydrogen-bond donors (Lipinski definition) is 2. The molecule has 1 aliphatic rings. The standard InChI is InChI=1S/C20H21N3S2.ClH/c1-12(21)20(2,3)19-23-16(11-24-19)13-8-9-18-15(10-13)22-14-6-4-5-7-17(14)25-18;/h4-12,22H,21H2,1-3H3;1H. The molecule has 26 heavy (non-hydrogen) atoms. The number of rotatable bonds is 3.